The number of carbonyl (C=O) groups excluding carboxylic acids is 2. The highest BCUT2D eigenvalue weighted by Gasteiger charge is 2.30. The molecule has 4 heterocycles. The highest BCUT2D eigenvalue weighted by atomic mass is 32.1. The Balaban J connectivity index is 1.22. The number of nitrogens with one attached hydrogen (secondary N) is 2. The fraction of sp³-hybridized carbons (Fsp3) is 0.538. The van der Waals surface area contributed by atoms with Gasteiger partial charge in [-0.2, -0.15) is 0 Å². The number of H-pyrrole nitrogens is 1. The number of fused-ring (bicyclic) bond motifs is 1. The number of nitrogens with zero attached hydrogens (tertiary/aromatic N) is 4. The third-order valence-electron chi connectivity index (χ3n) is 7.33. The lowest BCUT2D eigenvalue weighted by Crippen LogP contribution is -2.49. The van der Waals surface area contributed by atoms with Crippen LogP contribution in [0.25, 0.3) is 0 Å². The molecular formula is C26H34N6O2S. The topological polar surface area (TPSA) is 93.2 Å². The molecule has 35 heavy (non-hydrogen) atoms. The lowest BCUT2D eigenvalue weighted by atomic mass is 9.90. The van der Waals surface area contributed by atoms with Crippen molar-refractivity contribution in [3.05, 3.63) is 45.4 Å². The van der Waals surface area contributed by atoms with Crippen LogP contribution in [0.5, 0.6) is 0 Å². The summed E-state index contributed by atoms with van der Waals surface area (Å²) in [6.07, 6.45) is 5.48. The van der Waals surface area contributed by atoms with Gasteiger partial charge < -0.3 is 15.2 Å². The number of likely N-dealkylation sites (N-methyl/N-ethyl adjacent to an activating group) is 1. The van der Waals surface area contributed by atoms with Crippen molar-refractivity contribution in [1.29, 1.82) is 0 Å². The summed E-state index contributed by atoms with van der Waals surface area (Å²) in [7, 11) is 2.12. The van der Waals surface area contributed by atoms with Crippen LogP contribution in [0.2, 0.25) is 0 Å². The number of rotatable bonds is 6. The van der Waals surface area contributed by atoms with Crippen LogP contribution in [0.1, 0.15) is 52.2 Å². The SMILES string of the molecule is Cc1ccsc1C(=O)C1=NCc2[nH]ccc2C1=NC1CCC(NC(=O)CN2CCN(C)CC2)CC1. The minimum Gasteiger partial charge on any atom is -0.363 e. The molecule has 2 aromatic heterocycles. The van der Waals surface area contributed by atoms with Crippen LogP contribution in [0.3, 0.4) is 0 Å². The smallest absolute Gasteiger partial charge is 0.234 e. The van der Waals surface area contributed by atoms with E-state index in [0.717, 1.165) is 73.6 Å². The maximum atomic E-state index is 13.4. The second-order valence-electron chi connectivity index (χ2n) is 9.93. The summed E-state index contributed by atoms with van der Waals surface area (Å²) in [6.45, 7) is 6.84. The summed E-state index contributed by atoms with van der Waals surface area (Å²) in [5.41, 5.74) is 4.17. The second kappa shape index (κ2) is 10.6. The zero-order chi connectivity index (χ0) is 24.4. The first kappa shape index (κ1) is 24.1. The molecular weight excluding hydrogens is 460 g/mol. The largest absolute Gasteiger partial charge is 0.363 e. The van der Waals surface area contributed by atoms with Gasteiger partial charge in [0.2, 0.25) is 11.7 Å². The Morgan fingerprint density at radius 3 is 2.66 bits per heavy atom. The van der Waals surface area contributed by atoms with E-state index >= 15 is 0 Å². The van der Waals surface area contributed by atoms with Gasteiger partial charge in [0, 0.05) is 49.7 Å². The van der Waals surface area contributed by atoms with E-state index < -0.39 is 0 Å². The average Bonchev–Trinajstić information content (AvgIpc) is 3.50. The number of amides is 1. The Morgan fingerprint density at radius 2 is 1.94 bits per heavy atom. The van der Waals surface area contributed by atoms with Crippen molar-refractivity contribution in [2.45, 2.75) is 51.2 Å². The molecule has 1 amide bonds. The molecule has 0 unspecified atom stereocenters. The van der Waals surface area contributed by atoms with Crippen LogP contribution < -0.4 is 5.32 Å². The summed E-state index contributed by atoms with van der Waals surface area (Å²) in [5, 5.41) is 5.19. The molecule has 0 spiro atoms. The molecule has 2 aliphatic heterocycles. The predicted octanol–water partition coefficient (Wildman–Crippen LogP) is 2.69. The van der Waals surface area contributed by atoms with Gasteiger partial charge in [0.05, 0.1) is 29.7 Å². The molecule has 5 rings (SSSR count). The molecule has 1 saturated carbocycles. The van der Waals surface area contributed by atoms with E-state index in [0.29, 0.717) is 24.5 Å². The number of hydrogen-bond donors (Lipinski definition) is 2. The first-order valence-corrected chi connectivity index (χ1v) is 13.4. The number of aliphatic imine (C=N–C) groups is 2. The summed E-state index contributed by atoms with van der Waals surface area (Å²) in [5.74, 6) is 0.0906. The maximum Gasteiger partial charge on any atom is 0.234 e. The molecule has 2 aromatic rings. The lowest BCUT2D eigenvalue weighted by Gasteiger charge is -2.33. The Labute approximate surface area is 210 Å². The molecule has 2 N–H and O–H groups in total. The van der Waals surface area contributed by atoms with E-state index in [1.807, 2.05) is 30.6 Å². The monoisotopic (exact) mass is 494 g/mol. The lowest BCUT2D eigenvalue weighted by molar-refractivity contribution is -0.123. The Kier molecular flexibility index (Phi) is 7.27. The van der Waals surface area contributed by atoms with E-state index in [2.05, 4.69) is 32.1 Å². The number of ketones is 1. The van der Waals surface area contributed by atoms with Crippen molar-refractivity contribution in [3.63, 3.8) is 0 Å². The number of hydrogen-bond acceptors (Lipinski definition) is 7. The number of Topliss-reactive ketones (excluding diaryl/α,β-unsaturated/α-hetero) is 1. The van der Waals surface area contributed by atoms with E-state index in [1.54, 1.807) is 0 Å². The van der Waals surface area contributed by atoms with Crippen molar-refractivity contribution in [3.8, 4) is 0 Å². The van der Waals surface area contributed by atoms with Crippen LogP contribution in [0, 0.1) is 6.92 Å². The highest BCUT2D eigenvalue weighted by molar-refractivity contribution is 7.13. The number of aromatic nitrogens is 1. The summed E-state index contributed by atoms with van der Waals surface area (Å²) < 4.78 is 0. The van der Waals surface area contributed by atoms with Crippen molar-refractivity contribution < 1.29 is 9.59 Å². The molecule has 1 saturated heterocycles. The number of thiophene rings is 1. The molecule has 2 fully saturated rings. The highest BCUT2D eigenvalue weighted by Crippen LogP contribution is 2.26. The van der Waals surface area contributed by atoms with E-state index in [9.17, 15) is 9.59 Å². The van der Waals surface area contributed by atoms with Crippen LogP contribution in [0.15, 0.2) is 33.7 Å². The third-order valence-corrected chi connectivity index (χ3v) is 8.34. The molecule has 8 nitrogen and oxygen atoms in total. The Hall–Kier alpha value is -2.62. The van der Waals surface area contributed by atoms with Crippen LogP contribution in [-0.2, 0) is 11.3 Å². The fourth-order valence-electron chi connectivity index (χ4n) is 5.15. The summed E-state index contributed by atoms with van der Waals surface area (Å²) in [6, 6.07) is 4.30. The van der Waals surface area contributed by atoms with Gasteiger partial charge in [-0.05, 0) is 62.7 Å². The maximum absolute atomic E-state index is 13.4. The Bertz CT molecular complexity index is 1130. The molecule has 9 heteroatoms. The number of aromatic amines is 1. The number of carbonyl (C=O) groups is 2. The van der Waals surface area contributed by atoms with Crippen LogP contribution >= 0.6 is 11.3 Å². The summed E-state index contributed by atoms with van der Waals surface area (Å²) >= 11 is 1.46. The molecule has 1 aliphatic carbocycles. The predicted molar refractivity (Wildman–Crippen MR) is 140 cm³/mol. The fourth-order valence-corrected chi connectivity index (χ4v) is 6.02. The van der Waals surface area contributed by atoms with Gasteiger partial charge in [-0.15, -0.1) is 11.3 Å². The molecule has 0 radical (unpaired) electrons. The zero-order valence-corrected chi connectivity index (χ0v) is 21.4. The van der Waals surface area contributed by atoms with Gasteiger partial charge in [-0.25, -0.2) is 0 Å². The van der Waals surface area contributed by atoms with Gasteiger partial charge in [0.15, 0.2) is 0 Å². The minimum absolute atomic E-state index is 0.0343. The van der Waals surface area contributed by atoms with Crippen molar-refractivity contribution in [2.24, 2.45) is 9.98 Å². The zero-order valence-electron chi connectivity index (χ0n) is 20.5. The van der Waals surface area contributed by atoms with Crippen molar-refractivity contribution in [1.82, 2.24) is 20.1 Å². The minimum atomic E-state index is -0.0343. The summed E-state index contributed by atoms with van der Waals surface area (Å²) in [4.78, 5) is 44.2. The molecule has 3 aliphatic rings. The van der Waals surface area contributed by atoms with Gasteiger partial charge >= 0.3 is 0 Å². The Morgan fingerprint density at radius 1 is 1.17 bits per heavy atom. The van der Waals surface area contributed by atoms with E-state index in [1.165, 1.54) is 11.3 Å². The second-order valence-corrected chi connectivity index (χ2v) is 10.8. The van der Waals surface area contributed by atoms with Gasteiger partial charge in [0.1, 0.15) is 5.71 Å². The van der Waals surface area contributed by atoms with Gasteiger partial charge in [-0.1, -0.05) is 0 Å². The van der Waals surface area contributed by atoms with Gasteiger partial charge in [-0.3, -0.25) is 24.5 Å². The normalized spacial score (nSPS) is 24.7. The number of aryl methyl sites for hydroxylation is 1. The van der Waals surface area contributed by atoms with Crippen LogP contribution in [0.4, 0.5) is 0 Å². The third kappa shape index (κ3) is 5.47. The first-order chi connectivity index (χ1) is 17.0. The van der Waals surface area contributed by atoms with E-state index in [4.69, 9.17) is 4.99 Å². The standard InChI is InChI=1S/C26H34N6O2S/c1-17-8-14-35-26(17)25(34)24-23(20-7-9-27-21(20)15-28-24)30-19-5-3-18(4-6-19)29-22(33)16-32-12-10-31(2)11-13-32/h7-9,14,18-19,27H,3-6,10-13,15-16H2,1-2H3,(H,29,33). The molecule has 0 aromatic carbocycles. The average molecular weight is 495 g/mol. The van der Waals surface area contributed by atoms with E-state index in [-0.39, 0.29) is 23.8 Å². The quantitative estimate of drug-likeness (QED) is 0.604. The first-order valence-electron chi connectivity index (χ1n) is 12.6. The van der Waals surface area contributed by atoms with Gasteiger partial charge in [0.25, 0.3) is 0 Å². The molecule has 186 valence electrons. The number of piperazine rings is 1. The van der Waals surface area contributed by atoms with Crippen LogP contribution in [-0.4, -0.2) is 89.8 Å². The van der Waals surface area contributed by atoms with Crippen molar-refractivity contribution >= 4 is 34.5 Å². The molecule has 0 bridgehead atoms. The van der Waals surface area contributed by atoms with Crippen molar-refractivity contribution in [2.75, 3.05) is 39.8 Å². The molecule has 0 atom stereocenters.